The predicted octanol–water partition coefficient (Wildman–Crippen LogP) is 3.79. The van der Waals surface area contributed by atoms with Gasteiger partial charge in [0.25, 0.3) is 0 Å². The fourth-order valence-corrected chi connectivity index (χ4v) is 1.95. The summed E-state index contributed by atoms with van der Waals surface area (Å²) in [5.74, 6) is -0.270. The number of anilines is 3. The van der Waals surface area contributed by atoms with Crippen LogP contribution in [0.25, 0.3) is 0 Å². The van der Waals surface area contributed by atoms with Crippen molar-refractivity contribution in [1.82, 2.24) is 0 Å². The second-order valence-electron chi connectivity index (χ2n) is 4.56. The largest absolute Gasteiger partial charge is 0.397 e. The summed E-state index contributed by atoms with van der Waals surface area (Å²) in [6.45, 7) is 3.78. The highest BCUT2D eigenvalue weighted by atomic mass is 19.1. The Balaban J connectivity index is 2.46. The quantitative estimate of drug-likeness (QED) is 0.814. The first kappa shape index (κ1) is 12.4. The number of nitrogen functional groups attached to an aromatic ring is 1. The van der Waals surface area contributed by atoms with Crippen LogP contribution in [0.1, 0.15) is 11.1 Å². The Hall–Kier alpha value is -2.03. The lowest BCUT2D eigenvalue weighted by Gasteiger charge is -2.22. The minimum Gasteiger partial charge on any atom is -0.397 e. The Morgan fingerprint density at radius 3 is 2.50 bits per heavy atom. The minimum absolute atomic E-state index is 0.270. The SMILES string of the molecule is Cc1cccc(N(C)c2cc(C)c(F)cc2N)c1. The number of hydrogen-bond donors (Lipinski definition) is 1. The highest BCUT2D eigenvalue weighted by molar-refractivity contribution is 5.75. The van der Waals surface area contributed by atoms with Crippen molar-refractivity contribution in [2.24, 2.45) is 0 Å². The van der Waals surface area contributed by atoms with E-state index in [1.807, 2.05) is 37.1 Å². The summed E-state index contributed by atoms with van der Waals surface area (Å²) >= 11 is 0. The van der Waals surface area contributed by atoms with E-state index >= 15 is 0 Å². The Morgan fingerprint density at radius 1 is 1.11 bits per heavy atom. The normalized spacial score (nSPS) is 10.4. The van der Waals surface area contributed by atoms with Crippen LogP contribution in [0.5, 0.6) is 0 Å². The fraction of sp³-hybridized carbons (Fsp3) is 0.200. The Morgan fingerprint density at radius 2 is 1.83 bits per heavy atom. The molecular weight excluding hydrogens is 227 g/mol. The van der Waals surface area contributed by atoms with Gasteiger partial charge >= 0.3 is 0 Å². The molecule has 2 rings (SSSR count). The second kappa shape index (κ2) is 4.69. The molecule has 94 valence electrons. The van der Waals surface area contributed by atoms with Gasteiger partial charge < -0.3 is 10.6 Å². The summed E-state index contributed by atoms with van der Waals surface area (Å²) in [5, 5.41) is 0. The average molecular weight is 244 g/mol. The van der Waals surface area contributed by atoms with E-state index in [1.165, 1.54) is 11.6 Å². The Bertz CT molecular complexity index is 579. The zero-order valence-corrected chi connectivity index (χ0v) is 10.9. The first-order valence-electron chi connectivity index (χ1n) is 5.85. The van der Waals surface area contributed by atoms with Crippen molar-refractivity contribution in [3.05, 3.63) is 53.3 Å². The number of hydrogen-bond acceptors (Lipinski definition) is 2. The summed E-state index contributed by atoms with van der Waals surface area (Å²) < 4.78 is 13.4. The molecule has 2 aromatic rings. The number of nitrogens with zero attached hydrogens (tertiary/aromatic N) is 1. The Kier molecular flexibility index (Phi) is 3.24. The van der Waals surface area contributed by atoms with Crippen molar-refractivity contribution in [1.29, 1.82) is 0 Å². The first-order chi connectivity index (χ1) is 8.49. The molecular formula is C15H17FN2. The number of benzene rings is 2. The maximum atomic E-state index is 13.4. The van der Waals surface area contributed by atoms with Gasteiger partial charge in [-0.1, -0.05) is 12.1 Å². The number of nitrogens with two attached hydrogens (primary N) is 1. The smallest absolute Gasteiger partial charge is 0.128 e. The molecule has 0 unspecified atom stereocenters. The molecule has 0 amide bonds. The van der Waals surface area contributed by atoms with Gasteiger partial charge in [0.1, 0.15) is 5.82 Å². The number of halogens is 1. The third kappa shape index (κ3) is 2.30. The summed E-state index contributed by atoms with van der Waals surface area (Å²) in [4.78, 5) is 1.97. The molecule has 2 N–H and O–H groups in total. The maximum Gasteiger partial charge on any atom is 0.128 e. The zero-order valence-electron chi connectivity index (χ0n) is 10.9. The molecule has 0 radical (unpaired) electrons. The standard InChI is InChI=1S/C15H17FN2/c1-10-5-4-6-12(7-10)18(3)15-8-11(2)13(16)9-14(15)17/h4-9H,17H2,1-3H3. The lowest BCUT2D eigenvalue weighted by atomic mass is 10.1. The lowest BCUT2D eigenvalue weighted by Crippen LogP contribution is -2.12. The van der Waals surface area contributed by atoms with E-state index in [-0.39, 0.29) is 5.82 Å². The molecule has 0 aromatic heterocycles. The van der Waals surface area contributed by atoms with Crippen LogP contribution >= 0.6 is 0 Å². The van der Waals surface area contributed by atoms with E-state index in [0.717, 1.165) is 11.4 Å². The van der Waals surface area contributed by atoms with Crippen molar-refractivity contribution >= 4 is 17.1 Å². The zero-order chi connectivity index (χ0) is 13.3. The van der Waals surface area contributed by atoms with Crippen LogP contribution in [-0.2, 0) is 0 Å². The molecule has 0 spiro atoms. The van der Waals surface area contributed by atoms with Crippen LogP contribution in [0, 0.1) is 19.7 Å². The molecule has 0 saturated heterocycles. The van der Waals surface area contributed by atoms with E-state index in [4.69, 9.17) is 5.73 Å². The summed E-state index contributed by atoms with van der Waals surface area (Å²) in [7, 11) is 1.93. The average Bonchev–Trinajstić information content (AvgIpc) is 2.33. The second-order valence-corrected chi connectivity index (χ2v) is 4.56. The third-order valence-electron chi connectivity index (χ3n) is 3.06. The van der Waals surface area contributed by atoms with E-state index in [0.29, 0.717) is 11.3 Å². The molecule has 0 heterocycles. The van der Waals surface area contributed by atoms with E-state index < -0.39 is 0 Å². The molecule has 0 aliphatic rings. The van der Waals surface area contributed by atoms with E-state index in [2.05, 4.69) is 6.07 Å². The van der Waals surface area contributed by atoms with Crippen LogP contribution in [0.15, 0.2) is 36.4 Å². The molecule has 0 fully saturated rings. The van der Waals surface area contributed by atoms with Gasteiger partial charge in [0.2, 0.25) is 0 Å². The van der Waals surface area contributed by atoms with Crippen molar-refractivity contribution in [3.63, 3.8) is 0 Å². The Labute approximate surface area is 107 Å². The molecule has 0 saturated carbocycles. The molecule has 0 aliphatic carbocycles. The van der Waals surface area contributed by atoms with Crippen LogP contribution in [0.4, 0.5) is 21.5 Å². The highest BCUT2D eigenvalue weighted by Gasteiger charge is 2.10. The van der Waals surface area contributed by atoms with Gasteiger partial charge in [-0.15, -0.1) is 0 Å². The van der Waals surface area contributed by atoms with Crippen LogP contribution in [0.2, 0.25) is 0 Å². The van der Waals surface area contributed by atoms with Gasteiger partial charge in [-0.3, -0.25) is 0 Å². The molecule has 0 atom stereocenters. The van der Waals surface area contributed by atoms with Crippen molar-refractivity contribution in [2.75, 3.05) is 17.7 Å². The summed E-state index contributed by atoms with van der Waals surface area (Å²) in [6, 6.07) is 11.2. The van der Waals surface area contributed by atoms with Gasteiger partial charge in [0.05, 0.1) is 11.4 Å². The van der Waals surface area contributed by atoms with Crippen molar-refractivity contribution < 1.29 is 4.39 Å². The molecule has 3 heteroatoms. The third-order valence-corrected chi connectivity index (χ3v) is 3.06. The monoisotopic (exact) mass is 244 g/mol. The van der Waals surface area contributed by atoms with E-state index in [9.17, 15) is 4.39 Å². The van der Waals surface area contributed by atoms with Crippen molar-refractivity contribution in [2.45, 2.75) is 13.8 Å². The molecule has 0 bridgehead atoms. The van der Waals surface area contributed by atoms with Gasteiger partial charge in [-0.2, -0.15) is 0 Å². The van der Waals surface area contributed by atoms with Crippen LogP contribution < -0.4 is 10.6 Å². The van der Waals surface area contributed by atoms with Crippen LogP contribution in [0.3, 0.4) is 0 Å². The number of aryl methyl sites for hydroxylation is 2. The first-order valence-corrected chi connectivity index (χ1v) is 5.85. The summed E-state index contributed by atoms with van der Waals surface area (Å²) in [5.41, 5.74) is 9.96. The number of rotatable bonds is 2. The lowest BCUT2D eigenvalue weighted by molar-refractivity contribution is 0.619. The van der Waals surface area contributed by atoms with Gasteiger partial charge in [-0.05, 0) is 49.2 Å². The van der Waals surface area contributed by atoms with Gasteiger partial charge in [-0.25, -0.2) is 4.39 Å². The molecule has 2 nitrogen and oxygen atoms in total. The van der Waals surface area contributed by atoms with Crippen LogP contribution in [-0.4, -0.2) is 7.05 Å². The molecule has 2 aromatic carbocycles. The molecule has 0 aliphatic heterocycles. The van der Waals surface area contributed by atoms with E-state index in [1.54, 1.807) is 13.0 Å². The van der Waals surface area contributed by atoms with Crippen molar-refractivity contribution in [3.8, 4) is 0 Å². The molecule has 18 heavy (non-hydrogen) atoms. The maximum absolute atomic E-state index is 13.4. The highest BCUT2D eigenvalue weighted by Crippen LogP contribution is 2.31. The van der Waals surface area contributed by atoms with Gasteiger partial charge in [0, 0.05) is 12.7 Å². The predicted molar refractivity (Wildman–Crippen MR) is 74.8 cm³/mol. The van der Waals surface area contributed by atoms with Gasteiger partial charge in [0.15, 0.2) is 0 Å². The minimum atomic E-state index is -0.270. The summed E-state index contributed by atoms with van der Waals surface area (Å²) in [6.07, 6.45) is 0. The topological polar surface area (TPSA) is 29.3 Å². The fourth-order valence-electron chi connectivity index (χ4n) is 1.95.